The van der Waals surface area contributed by atoms with Crippen LogP contribution in [-0.4, -0.2) is 30.7 Å². The smallest absolute Gasteiger partial charge is 0.337 e. The zero-order valence-electron chi connectivity index (χ0n) is 13.1. The lowest BCUT2D eigenvalue weighted by molar-refractivity contribution is 0.0697. The van der Waals surface area contributed by atoms with Crippen LogP contribution in [0.4, 0.5) is 5.69 Å². The molecule has 2 aromatic rings. The van der Waals surface area contributed by atoms with Gasteiger partial charge in [-0.1, -0.05) is 23.7 Å². The molecule has 7 heteroatoms. The van der Waals surface area contributed by atoms with Gasteiger partial charge in [0, 0.05) is 12.1 Å². The van der Waals surface area contributed by atoms with E-state index in [4.69, 9.17) is 21.1 Å². The van der Waals surface area contributed by atoms with Crippen LogP contribution in [0.2, 0.25) is 5.02 Å². The fraction of sp³-hybridized carbons (Fsp3) is 0.176. The van der Waals surface area contributed by atoms with Crippen LogP contribution in [0.3, 0.4) is 0 Å². The molecule has 0 aliphatic rings. The Morgan fingerprint density at radius 3 is 2.46 bits per heavy atom. The van der Waals surface area contributed by atoms with Crippen molar-refractivity contribution in [2.24, 2.45) is 0 Å². The molecule has 0 aliphatic carbocycles. The van der Waals surface area contributed by atoms with Crippen LogP contribution >= 0.6 is 11.6 Å². The van der Waals surface area contributed by atoms with Crippen molar-refractivity contribution in [3.8, 4) is 11.5 Å². The van der Waals surface area contributed by atoms with E-state index in [0.29, 0.717) is 12.4 Å². The lowest BCUT2D eigenvalue weighted by atomic mass is 10.1. The number of methoxy groups -OCH3 is 1. The molecule has 2 rings (SSSR count). The van der Waals surface area contributed by atoms with E-state index in [-0.39, 0.29) is 27.6 Å². The first-order valence-corrected chi connectivity index (χ1v) is 7.49. The lowest BCUT2D eigenvalue weighted by Gasteiger charge is -2.15. The van der Waals surface area contributed by atoms with Gasteiger partial charge in [0.25, 0.3) is 5.91 Å². The van der Waals surface area contributed by atoms with Gasteiger partial charge in [-0.25, -0.2) is 4.79 Å². The summed E-state index contributed by atoms with van der Waals surface area (Å²) in [4.78, 5) is 23.8. The van der Waals surface area contributed by atoms with Crippen LogP contribution in [0.25, 0.3) is 0 Å². The molecule has 0 unspecified atom stereocenters. The molecule has 2 aromatic carbocycles. The molecule has 0 saturated heterocycles. The number of rotatable bonds is 6. The van der Waals surface area contributed by atoms with Crippen LogP contribution < -0.4 is 14.8 Å². The number of benzene rings is 2. The summed E-state index contributed by atoms with van der Waals surface area (Å²) in [5.41, 5.74) is 0.219. The van der Waals surface area contributed by atoms with Crippen molar-refractivity contribution in [3.05, 3.63) is 52.5 Å². The Bertz CT molecular complexity index is 776. The highest BCUT2D eigenvalue weighted by molar-refractivity contribution is 6.34. The normalized spacial score (nSPS) is 10.1. The predicted molar refractivity (Wildman–Crippen MR) is 90.5 cm³/mol. The number of nitrogens with one attached hydrogen (secondary N) is 1. The topological polar surface area (TPSA) is 84.9 Å². The van der Waals surface area contributed by atoms with Gasteiger partial charge in [-0.05, 0) is 19.1 Å². The van der Waals surface area contributed by atoms with Crippen LogP contribution in [-0.2, 0) is 0 Å². The second-order valence-corrected chi connectivity index (χ2v) is 5.13. The summed E-state index contributed by atoms with van der Waals surface area (Å²) in [6.45, 7) is 2.15. The third-order valence-electron chi connectivity index (χ3n) is 3.20. The Balaban J connectivity index is 2.44. The van der Waals surface area contributed by atoms with Crippen molar-refractivity contribution in [2.75, 3.05) is 19.0 Å². The molecule has 0 saturated carbocycles. The molecule has 0 spiro atoms. The summed E-state index contributed by atoms with van der Waals surface area (Å²) in [7, 11) is 1.41. The average molecular weight is 350 g/mol. The zero-order valence-corrected chi connectivity index (χ0v) is 13.9. The summed E-state index contributed by atoms with van der Waals surface area (Å²) in [5.74, 6) is -1.12. The number of carbonyl (C=O) groups excluding carboxylic acids is 1. The maximum Gasteiger partial charge on any atom is 0.337 e. The minimum Gasteiger partial charge on any atom is -0.493 e. The quantitative estimate of drug-likeness (QED) is 0.830. The van der Waals surface area contributed by atoms with Crippen LogP contribution in [0.1, 0.15) is 27.6 Å². The minimum atomic E-state index is -1.20. The second-order valence-electron chi connectivity index (χ2n) is 4.72. The molecule has 0 heterocycles. The van der Waals surface area contributed by atoms with Crippen molar-refractivity contribution in [1.82, 2.24) is 0 Å². The van der Waals surface area contributed by atoms with E-state index in [9.17, 15) is 14.7 Å². The molecule has 6 nitrogen and oxygen atoms in total. The van der Waals surface area contributed by atoms with Gasteiger partial charge in [0.1, 0.15) is 0 Å². The first-order valence-electron chi connectivity index (χ1n) is 7.12. The summed E-state index contributed by atoms with van der Waals surface area (Å²) >= 11 is 5.99. The molecule has 24 heavy (non-hydrogen) atoms. The standard InChI is InChI=1S/C17H16ClNO5/c1-3-24-15-9-13(11(17(21)22)8-14(15)23-2)19-16(20)10-6-4-5-7-12(10)18/h4-9H,3H2,1-2H3,(H,19,20)(H,21,22). The van der Waals surface area contributed by atoms with Crippen molar-refractivity contribution < 1.29 is 24.2 Å². The molecule has 0 fully saturated rings. The van der Waals surface area contributed by atoms with Crippen LogP contribution in [0.5, 0.6) is 11.5 Å². The molecule has 0 atom stereocenters. The first-order chi connectivity index (χ1) is 11.5. The Morgan fingerprint density at radius 1 is 1.17 bits per heavy atom. The summed E-state index contributed by atoms with van der Waals surface area (Å²) < 4.78 is 10.5. The molecule has 126 valence electrons. The van der Waals surface area contributed by atoms with Crippen LogP contribution in [0.15, 0.2) is 36.4 Å². The lowest BCUT2D eigenvalue weighted by Crippen LogP contribution is -2.15. The number of anilines is 1. The molecule has 2 N–H and O–H groups in total. The molecule has 0 aromatic heterocycles. The van der Waals surface area contributed by atoms with Gasteiger partial charge >= 0.3 is 5.97 Å². The van der Waals surface area contributed by atoms with E-state index >= 15 is 0 Å². The van der Waals surface area contributed by atoms with E-state index in [1.807, 2.05) is 0 Å². The first kappa shape index (κ1) is 17.6. The van der Waals surface area contributed by atoms with E-state index in [2.05, 4.69) is 5.32 Å². The number of hydrogen-bond acceptors (Lipinski definition) is 4. The molecule has 0 bridgehead atoms. The molecular weight excluding hydrogens is 334 g/mol. The Morgan fingerprint density at radius 2 is 1.88 bits per heavy atom. The number of amides is 1. The second kappa shape index (κ2) is 7.70. The van der Waals surface area contributed by atoms with Gasteiger partial charge in [0.15, 0.2) is 11.5 Å². The summed E-state index contributed by atoms with van der Waals surface area (Å²) in [6.07, 6.45) is 0. The van der Waals surface area contributed by atoms with Gasteiger partial charge in [-0.15, -0.1) is 0 Å². The SMILES string of the molecule is CCOc1cc(NC(=O)c2ccccc2Cl)c(C(=O)O)cc1OC. The van der Waals surface area contributed by atoms with Gasteiger partial charge in [-0.3, -0.25) is 4.79 Å². The molecule has 0 aliphatic heterocycles. The minimum absolute atomic E-state index is 0.0941. The highest BCUT2D eigenvalue weighted by Gasteiger charge is 2.19. The highest BCUT2D eigenvalue weighted by atomic mass is 35.5. The van der Waals surface area contributed by atoms with Gasteiger partial charge < -0.3 is 19.9 Å². The number of carboxylic acids is 1. The number of halogens is 1. The third kappa shape index (κ3) is 3.78. The predicted octanol–water partition coefficient (Wildman–Crippen LogP) is 3.70. The molecular formula is C17H16ClNO5. The fourth-order valence-corrected chi connectivity index (χ4v) is 2.32. The number of carboxylic acid groups (broad SMARTS) is 1. The van der Waals surface area contributed by atoms with Crippen molar-refractivity contribution in [2.45, 2.75) is 6.92 Å². The van der Waals surface area contributed by atoms with E-state index in [0.717, 1.165) is 0 Å². The van der Waals surface area contributed by atoms with E-state index < -0.39 is 11.9 Å². The molecule has 0 radical (unpaired) electrons. The fourth-order valence-electron chi connectivity index (χ4n) is 2.10. The monoisotopic (exact) mass is 349 g/mol. The largest absolute Gasteiger partial charge is 0.493 e. The maximum absolute atomic E-state index is 12.4. The van der Waals surface area contributed by atoms with E-state index in [1.165, 1.54) is 19.2 Å². The zero-order chi connectivity index (χ0) is 17.7. The van der Waals surface area contributed by atoms with Crippen LogP contribution in [0, 0.1) is 0 Å². The number of carbonyl (C=O) groups is 2. The Hall–Kier alpha value is -2.73. The molecule has 1 amide bonds. The Kier molecular flexibility index (Phi) is 5.65. The van der Waals surface area contributed by atoms with E-state index in [1.54, 1.807) is 31.2 Å². The summed E-state index contributed by atoms with van der Waals surface area (Å²) in [5, 5.41) is 12.2. The Labute approximate surface area is 144 Å². The number of hydrogen-bond donors (Lipinski definition) is 2. The van der Waals surface area contributed by atoms with Crippen molar-refractivity contribution in [3.63, 3.8) is 0 Å². The van der Waals surface area contributed by atoms with Gasteiger partial charge in [0.05, 0.1) is 35.6 Å². The highest BCUT2D eigenvalue weighted by Crippen LogP contribution is 2.34. The number of aromatic carboxylic acids is 1. The van der Waals surface area contributed by atoms with Gasteiger partial charge in [0.2, 0.25) is 0 Å². The van der Waals surface area contributed by atoms with Crippen molar-refractivity contribution >= 4 is 29.2 Å². The van der Waals surface area contributed by atoms with Crippen molar-refractivity contribution in [1.29, 1.82) is 0 Å². The average Bonchev–Trinajstić information content (AvgIpc) is 2.55. The third-order valence-corrected chi connectivity index (χ3v) is 3.53. The summed E-state index contributed by atoms with van der Waals surface area (Å²) in [6, 6.07) is 9.20. The maximum atomic E-state index is 12.4. The number of ether oxygens (including phenoxy) is 2. The van der Waals surface area contributed by atoms with Gasteiger partial charge in [-0.2, -0.15) is 0 Å².